The summed E-state index contributed by atoms with van der Waals surface area (Å²) in [5.74, 6) is 0.559. The molecule has 0 amide bonds. The summed E-state index contributed by atoms with van der Waals surface area (Å²) in [6.45, 7) is 2.08. The van der Waals surface area contributed by atoms with Gasteiger partial charge in [-0.1, -0.05) is 30.3 Å². The van der Waals surface area contributed by atoms with Crippen molar-refractivity contribution < 1.29 is 23.4 Å². The fourth-order valence-electron chi connectivity index (χ4n) is 3.68. The summed E-state index contributed by atoms with van der Waals surface area (Å²) < 4.78 is 30.5. The minimum Gasteiger partial charge on any atom is -0.491 e. The summed E-state index contributed by atoms with van der Waals surface area (Å²) in [6, 6.07) is 16.6. The van der Waals surface area contributed by atoms with Crippen molar-refractivity contribution in [3.05, 3.63) is 60.2 Å². The number of hydrogen-bond donors (Lipinski definition) is 3. The van der Waals surface area contributed by atoms with Crippen molar-refractivity contribution in [3.63, 3.8) is 0 Å². The monoisotopic (exact) mass is 470 g/mol. The van der Waals surface area contributed by atoms with Gasteiger partial charge in [-0.15, -0.1) is 12.4 Å². The Balaban J connectivity index is 0.00000341. The first-order valence-electron chi connectivity index (χ1n) is 10.1. The van der Waals surface area contributed by atoms with Crippen LogP contribution in [0.15, 0.2) is 54.6 Å². The Hall–Kier alpha value is -1.84. The Morgan fingerprint density at radius 2 is 1.71 bits per heavy atom. The maximum Gasteiger partial charge on any atom is 0.229 e. The van der Waals surface area contributed by atoms with Gasteiger partial charge in [0.25, 0.3) is 0 Å². The average molecular weight is 471 g/mol. The van der Waals surface area contributed by atoms with Crippen LogP contribution in [0.4, 0.5) is 5.69 Å². The summed E-state index contributed by atoms with van der Waals surface area (Å²) in [5, 5.41) is 21.2. The van der Waals surface area contributed by atoms with Crippen molar-refractivity contribution in [3.8, 4) is 5.75 Å². The van der Waals surface area contributed by atoms with Crippen molar-refractivity contribution in [1.82, 2.24) is 4.90 Å². The van der Waals surface area contributed by atoms with Crippen LogP contribution in [-0.4, -0.2) is 67.7 Å². The molecule has 0 aromatic heterocycles. The third-order valence-corrected chi connectivity index (χ3v) is 5.84. The third-order valence-electron chi connectivity index (χ3n) is 5.23. The number of aliphatic hydroxyl groups excluding tert-OH is 1. The van der Waals surface area contributed by atoms with Crippen LogP contribution in [0.1, 0.15) is 18.4 Å². The van der Waals surface area contributed by atoms with Crippen LogP contribution in [0.3, 0.4) is 0 Å². The number of halogens is 1. The van der Waals surface area contributed by atoms with E-state index in [9.17, 15) is 18.6 Å². The van der Waals surface area contributed by atoms with Gasteiger partial charge in [0.05, 0.1) is 11.9 Å². The van der Waals surface area contributed by atoms with Gasteiger partial charge in [-0.05, 0) is 42.7 Å². The Morgan fingerprint density at radius 1 is 1.10 bits per heavy atom. The fourth-order valence-corrected chi connectivity index (χ4v) is 4.25. The minimum atomic E-state index is -3.31. The number of nitrogens with one attached hydrogen (secondary N) is 1. The highest BCUT2D eigenvalue weighted by atomic mass is 35.5. The van der Waals surface area contributed by atoms with Crippen molar-refractivity contribution in [2.24, 2.45) is 0 Å². The average Bonchev–Trinajstić information content (AvgIpc) is 2.69. The standard InChI is InChI=1S/C22H30N2O5S.ClH/c1-30(27,28)23-19-7-9-21(10-8-19)29-17-20(25)16-24-13-11-22(26,12-14-24)15-18-5-3-2-4-6-18;/h2-10,20,23,25-26H,11-17H2,1H3;1H. The maximum absolute atomic E-state index is 11.2. The van der Waals surface area contributed by atoms with Gasteiger partial charge in [0.1, 0.15) is 18.5 Å². The lowest BCUT2D eigenvalue weighted by atomic mass is 9.85. The molecule has 1 atom stereocenters. The number of likely N-dealkylation sites (tertiary alicyclic amines) is 1. The smallest absolute Gasteiger partial charge is 0.229 e. The zero-order chi connectivity index (χ0) is 21.6. The van der Waals surface area contributed by atoms with E-state index in [1.807, 2.05) is 30.3 Å². The summed E-state index contributed by atoms with van der Waals surface area (Å²) >= 11 is 0. The molecule has 1 saturated heterocycles. The largest absolute Gasteiger partial charge is 0.491 e. The predicted octanol–water partition coefficient (Wildman–Crippen LogP) is 2.29. The predicted molar refractivity (Wildman–Crippen MR) is 124 cm³/mol. The molecule has 0 bridgehead atoms. The second-order valence-corrected chi connectivity index (χ2v) is 9.80. The number of rotatable bonds is 9. The van der Waals surface area contributed by atoms with Crippen LogP contribution in [0.5, 0.6) is 5.75 Å². The summed E-state index contributed by atoms with van der Waals surface area (Å²) in [6.07, 6.45) is 2.43. The van der Waals surface area contributed by atoms with E-state index in [4.69, 9.17) is 4.74 Å². The zero-order valence-corrected chi connectivity index (χ0v) is 19.2. The van der Waals surface area contributed by atoms with E-state index in [0.29, 0.717) is 37.2 Å². The quantitative estimate of drug-likeness (QED) is 0.520. The second kappa shape index (κ2) is 11.2. The molecule has 3 N–H and O–H groups in total. The van der Waals surface area contributed by atoms with Gasteiger partial charge < -0.3 is 19.8 Å². The van der Waals surface area contributed by atoms with Crippen LogP contribution in [0.2, 0.25) is 0 Å². The Kier molecular flexibility index (Phi) is 9.14. The van der Waals surface area contributed by atoms with Crippen LogP contribution in [0.25, 0.3) is 0 Å². The van der Waals surface area contributed by atoms with Gasteiger partial charge in [-0.25, -0.2) is 8.42 Å². The first kappa shape index (κ1) is 25.4. The molecule has 1 heterocycles. The second-order valence-electron chi connectivity index (χ2n) is 8.05. The highest BCUT2D eigenvalue weighted by Gasteiger charge is 2.32. The van der Waals surface area contributed by atoms with Crippen LogP contribution >= 0.6 is 12.4 Å². The molecule has 0 spiro atoms. The Bertz CT molecular complexity index is 901. The molecule has 0 radical (unpaired) electrons. The van der Waals surface area contributed by atoms with E-state index in [1.165, 1.54) is 0 Å². The van der Waals surface area contributed by atoms with Crippen molar-refractivity contribution in [1.29, 1.82) is 0 Å². The Labute approximate surface area is 190 Å². The van der Waals surface area contributed by atoms with Crippen molar-refractivity contribution >= 4 is 28.1 Å². The summed E-state index contributed by atoms with van der Waals surface area (Å²) in [5.41, 5.74) is 0.905. The first-order chi connectivity index (χ1) is 14.2. The summed E-state index contributed by atoms with van der Waals surface area (Å²) in [4.78, 5) is 2.15. The lowest BCUT2D eigenvalue weighted by Gasteiger charge is -2.39. The van der Waals surface area contributed by atoms with E-state index in [2.05, 4.69) is 9.62 Å². The van der Waals surface area contributed by atoms with Crippen LogP contribution in [-0.2, 0) is 16.4 Å². The molecular weight excluding hydrogens is 440 g/mol. The van der Waals surface area contributed by atoms with E-state index >= 15 is 0 Å². The molecule has 0 saturated carbocycles. The van der Waals surface area contributed by atoms with Gasteiger partial charge in [0.2, 0.25) is 10.0 Å². The number of anilines is 1. The van der Waals surface area contributed by atoms with Gasteiger partial charge in [0.15, 0.2) is 0 Å². The number of aliphatic hydroxyl groups is 2. The zero-order valence-electron chi connectivity index (χ0n) is 17.6. The minimum absolute atomic E-state index is 0. The number of β-amino-alcohol motifs (C(OH)–C–C–N with tert-alkyl or cyclic N) is 1. The molecule has 1 fully saturated rings. The highest BCUT2D eigenvalue weighted by Crippen LogP contribution is 2.26. The maximum atomic E-state index is 11.2. The van der Waals surface area contributed by atoms with Gasteiger partial charge >= 0.3 is 0 Å². The number of hydrogen-bond acceptors (Lipinski definition) is 6. The number of benzene rings is 2. The molecule has 9 heteroatoms. The Morgan fingerprint density at radius 3 is 2.29 bits per heavy atom. The molecule has 1 aliphatic rings. The van der Waals surface area contributed by atoms with Crippen LogP contribution in [0, 0.1) is 0 Å². The van der Waals surface area contributed by atoms with Crippen molar-refractivity contribution in [2.45, 2.75) is 31.0 Å². The molecule has 0 aliphatic carbocycles. The number of nitrogens with zero attached hydrogens (tertiary/aromatic N) is 1. The molecular formula is C22H31ClN2O5S. The molecule has 172 valence electrons. The number of sulfonamides is 1. The van der Waals surface area contributed by atoms with E-state index in [0.717, 1.165) is 24.9 Å². The van der Waals surface area contributed by atoms with Gasteiger partial charge in [-0.2, -0.15) is 0 Å². The molecule has 1 unspecified atom stereocenters. The SMILES string of the molecule is CS(=O)(=O)Nc1ccc(OCC(O)CN2CCC(O)(Cc3ccccc3)CC2)cc1.Cl. The van der Waals surface area contributed by atoms with Gasteiger partial charge in [-0.3, -0.25) is 4.72 Å². The molecule has 31 heavy (non-hydrogen) atoms. The van der Waals surface area contributed by atoms with Crippen molar-refractivity contribution in [2.75, 3.05) is 37.2 Å². The first-order valence-corrected chi connectivity index (χ1v) is 12.0. The van der Waals surface area contributed by atoms with E-state index in [1.54, 1.807) is 24.3 Å². The number of ether oxygens (including phenoxy) is 1. The fraction of sp³-hybridized carbons (Fsp3) is 0.455. The molecule has 1 aliphatic heterocycles. The topological polar surface area (TPSA) is 99.1 Å². The van der Waals surface area contributed by atoms with Crippen LogP contribution < -0.4 is 9.46 Å². The molecule has 7 nitrogen and oxygen atoms in total. The van der Waals surface area contributed by atoms with E-state index in [-0.39, 0.29) is 19.0 Å². The van der Waals surface area contributed by atoms with Gasteiger partial charge in [0, 0.05) is 31.7 Å². The molecule has 2 aromatic rings. The summed E-state index contributed by atoms with van der Waals surface area (Å²) in [7, 11) is -3.31. The lowest BCUT2D eigenvalue weighted by molar-refractivity contribution is -0.0325. The lowest BCUT2D eigenvalue weighted by Crippen LogP contribution is -2.48. The normalized spacial score (nSPS) is 17.4. The number of piperidine rings is 1. The molecule has 2 aromatic carbocycles. The highest BCUT2D eigenvalue weighted by molar-refractivity contribution is 7.92. The molecule has 3 rings (SSSR count). The third kappa shape index (κ3) is 8.66. The van der Waals surface area contributed by atoms with E-state index < -0.39 is 21.7 Å².